The van der Waals surface area contributed by atoms with Crippen LogP contribution in [-0.4, -0.2) is 33.0 Å². The smallest absolute Gasteiger partial charge is 0.338 e. The summed E-state index contributed by atoms with van der Waals surface area (Å²) in [7, 11) is 1.41. The van der Waals surface area contributed by atoms with Crippen molar-refractivity contribution in [3.05, 3.63) is 166 Å². The van der Waals surface area contributed by atoms with Gasteiger partial charge in [0.05, 0.1) is 35.4 Å². The molecule has 2 aliphatic rings. The summed E-state index contributed by atoms with van der Waals surface area (Å²) in [6.07, 6.45) is 8.23. The Bertz CT molecular complexity index is 3020. The number of hydrogen-bond donors (Lipinski definition) is 2. The fourth-order valence-electron chi connectivity index (χ4n) is 8.80. The third-order valence-corrected chi connectivity index (χ3v) is 12.5. The number of hydrogen-bond acceptors (Lipinski definition) is 4. The van der Waals surface area contributed by atoms with Crippen molar-refractivity contribution in [2.45, 2.75) is 78.6 Å². The van der Waals surface area contributed by atoms with Crippen LogP contribution in [0, 0.1) is 0 Å². The largest absolute Gasteiger partial charge is 0.465 e. The zero-order valence-corrected chi connectivity index (χ0v) is 38.6. The van der Waals surface area contributed by atoms with Gasteiger partial charge in [-0.25, -0.2) is 14.8 Å². The molecule has 0 atom stereocenters. The van der Waals surface area contributed by atoms with Crippen molar-refractivity contribution in [2.75, 3.05) is 7.11 Å². The van der Waals surface area contributed by atoms with Crippen LogP contribution in [0.2, 0.25) is 0 Å². The molecule has 0 spiro atoms. The van der Waals surface area contributed by atoms with Crippen molar-refractivity contribution in [3.63, 3.8) is 0 Å². The fraction of sp³-hybridized carbons (Fsp3) is 0.224. The number of rotatable bonds is 5. The summed E-state index contributed by atoms with van der Waals surface area (Å²) in [5.41, 5.74) is 18.6. The lowest BCUT2D eigenvalue weighted by atomic mass is 9.86. The molecule has 6 nitrogen and oxygen atoms in total. The molecule has 0 fully saturated rings. The van der Waals surface area contributed by atoms with E-state index in [4.69, 9.17) is 14.7 Å². The lowest BCUT2D eigenvalue weighted by Crippen LogP contribution is -2.10. The Morgan fingerprint density at radius 3 is 1.11 bits per heavy atom. The molecule has 2 N–H and O–H groups in total. The van der Waals surface area contributed by atoms with Crippen LogP contribution in [0.25, 0.3) is 90.9 Å². The minimum Gasteiger partial charge on any atom is -0.465 e. The average molecular weight is 841 g/mol. The maximum absolute atomic E-state index is 13.4. The molecular formula is C58H56N4O2. The van der Waals surface area contributed by atoms with Gasteiger partial charge in [0.2, 0.25) is 0 Å². The zero-order chi connectivity index (χ0) is 45.1. The Kier molecular flexibility index (Phi) is 10.5. The maximum atomic E-state index is 13.4. The SMILES string of the molecule is COC(=O)c1ccccc1-c1c2nc(c(-c3ccc(C(C)(C)C)cc3)c3ccc([nH]3)c(-c3ccc(C(C)(C)C)cc3)c3ccc([nH]3)c(-c3ccc(C(C)(C)C)cc3)c3nc1C=C3)C=C2. The number of esters is 1. The highest BCUT2D eigenvalue weighted by Crippen LogP contribution is 2.40. The van der Waals surface area contributed by atoms with Gasteiger partial charge in [-0.15, -0.1) is 0 Å². The Morgan fingerprint density at radius 2 is 0.750 bits per heavy atom. The van der Waals surface area contributed by atoms with Crippen molar-refractivity contribution in [3.8, 4) is 44.5 Å². The van der Waals surface area contributed by atoms with Gasteiger partial charge < -0.3 is 14.7 Å². The molecule has 8 bridgehead atoms. The van der Waals surface area contributed by atoms with E-state index in [1.807, 2.05) is 30.4 Å². The number of aromatic nitrogens is 4. The van der Waals surface area contributed by atoms with Gasteiger partial charge in [-0.05, 0) is 104 Å². The lowest BCUT2D eigenvalue weighted by Gasteiger charge is -2.19. The van der Waals surface area contributed by atoms with E-state index < -0.39 is 5.97 Å². The summed E-state index contributed by atoms with van der Waals surface area (Å²) in [5, 5.41) is 0. The van der Waals surface area contributed by atoms with E-state index in [1.54, 1.807) is 6.07 Å². The number of fused-ring (bicyclic) bond motifs is 8. The van der Waals surface area contributed by atoms with Crippen LogP contribution in [0.1, 0.15) is 112 Å². The van der Waals surface area contributed by atoms with E-state index >= 15 is 0 Å². The van der Waals surface area contributed by atoms with Crippen LogP contribution < -0.4 is 0 Å². The van der Waals surface area contributed by atoms with Gasteiger partial charge in [-0.3, -0.25) is 0 Å². The van der Waals surface area contributed by atoms with E-state index in [9.17, 15) is 4.79 Å². The first kappa shape index (κ1) is 42.3. The number of benzene rings is 4. The Hall–Kier alpha value is -7.05. The van der Waals surface area contributed by atoms with Crippen LogP contribution >= 0.6 is 0 Å². The first-order valence-electron chi connectivity index (χ1n) is 22.1. The normalized spacial score (nSPS) is 12.8. The monoisotopic (exact) mass is 840 g/mol. The number of nitrogens with one attached hydrogen (secondary N) is 2. The van der Waals surface area contributed by atoms with Gasteiger partial charge in [0, 0.05) is 49.9 Å². The number of aromatic amines is 2. The Morgan fingerprint density at radius 1 is 0.422 bits per heavy atom. The van der Waals surface area contributed by atoms with Gasteiger partial charge in [-0.1, -0.05) is 153 Å². The molecule has 0 saturated heterocycles. The summed E-state index contributed by atoms with van der Waals surface area (Å²) in [6.45, 7) is 20.1. The van der Waals surface area contributed by atoms with Gasteiger partial charge in [0.25, 0.3) is 0 Å². The second-order valence-corrected chi connectivity index (χ2v) is 20.0. The third-order valence-electron chi connectivity index (χ3n) is 12.5. The number of methoxy groups -OCH3 is 1. The van der Waals surface area contributed by atoms with Crippen molar-refractivity contribution >= 4 is 52.3 Å². The number of ether oxygens (including phenoxy) is 1. The Labute approximate surface area is 376 Å². The summed E-state index contributed by atoms with van der Waals surface area (Å²) in [4.78, 5) is 32.1. The molecule has 0 saturated carbocycles. The van der Waals surface area contributed by atoms with E-state index in [-0.39, 0.29) is 16.2 Å². The molecule has 0 amide bonds. The molecule has 9 rings (SSSR count). The molecule has 0 unspecified atom stereocenters. The predicted octanol–water partition coefficient (Wildman–Crippen LogP) is 15.0. The number of carbonyl (C=O) groups is 1. The van der Waals surface area contributed by atoms with E-state index in [0.717, 1.165) is 72.4 Å². The summed E-state index contributed by atoms with van der Waals surface area (Å²) in [6, 6.07) is 42.9. The van der Waals surface area contributed by atoms with Crippen LogP contribution in [0.5, 0.6) is 0 Å². The summed E-state index contributed by atoms with van der Waals surface area (Å²) < 4.78 is 5.33. The highest BCUT2D eigenvalue weighted by Gasteiger charge is 2.24. The van der Waals surface area contributed by atoms with E-state index in [1.165, 1.54) is 23.8 Å². The first-order chi connectivity index (χ1) is 30.5. The molecule has 0 radical (unpaired) electrons. The average Bonchev–Trinajstić information content (AvgIpc) is 4.11. The molecule has 0 aliphatic carbocycles. The minimum absolute atomic E-state index is 0.00818. The topological polar surface area (TPSA) is 83.7 Å². The highest BCUT2D eigenvalue weighted by atomic mass is 16.5. The van der Waals surface area contributed by atoms with Crippen LogP contribution in [0.3, 0.4) is 0 Å². The highest BCUT2D eigenvalue weighted by molar-refractivity contribution is 6.03. The summed E-state index contributed by atoms with van der Waals surface area (Å²) in [5.74, 6) is -0.427. The van der Waals surface area contributed by atoms with Gasteiger partial charge in [0.15, 0.2) is 0 Å². The molecular weight excluding hydrogens is 785 g/mol. The number of H-pyrrole nitrogens is 2. The van der Waals surface area contributed by atoms with E-state index in [0.29, 0.717) is 22.5 Å². The van der Waals surface area contributed by atoms with Gasteiger partial charge in [0.1, 0.15) is 0 Å². The minimum atomic E-state index is -0.427. The molecule has 7 aromatic rings. The van der Waals surface area contributed by atoms with Crippen LogP contribution in [0.15, 0.2) is 121 Å². The van der Waals surface area contributed by atoms with Crippen molar-refractivity contribution in [2.24, 2.45) is 0 Å². The number of carbonyl (C=O) groups excluding carboxylic acids is 1. The van der Waals surface area contributed by atoms with Crippen molar-refractivity contribution in [1.29, 1.82) is 0 Å². The zero-order valence-electron chi connectivity index (χ0n) is 38.6. The standard InChI is InChI=1S/C58H56N4O2/c1-56(2,3)38-21-15-35(16-22-38)51-43-27-29-45(59-43)52(36-17-23-39(24-18-36)57(4,5)6)47-31-33-49(61-47)54(41-13-11-12-14-42(41)55(63)64-10)50-34-32-48(62-50)53(46-30-28-44(51)60-46)37-19-25-40(26-20-37)58(7,8)9/h11-34,59-60H,1-10H3. The van der Waals surface area contributed by atoms with Crippen molar-refractivity contribution < 1.29 is 9.53 Å². The molecule has 320 valence electrons. The number of nitrogens with zero attached hydrogens (tertiary/aromatic N) is 2. The molecule has 5 heterocycles. The molecule has 6 heteroatoms. The van der Waals surface area contributed by atoms with Crippen LogP contribution in [0.4, 0.5) is 0 Å². The second kappa shape index (κ2) is 15.9. The molecule has 4 aromatic carbocycles. The fourth-order valence-corrected chi connectivity index (χ4v) is 8.80. The molecule has 2 aliphatic heterocycles. The predicted molar refractivity (Wildman–Crippen MR) is 268 cm³/mol. The third kappa shape index (κ3) is 7.94. The first-order valence-corrected chi connectivity index (χ1v) is 22.1. The Balaban J connectivity index is 1.44. The maximum Gasteiger partial charge on any atom is 0.338 e. The van der Waals surface area contributed by atoms with Crippen LogP contribution in [-0.2, 0) is 21.0 Å². The molecule has 3 aromatic heterocycles. The van der Waals surface area contributed by atoms with E-state index in [2.05, 4.69) is 181 Å². The lowest BCUT2D eigenvalue weighted by molar-refractivity contribution is 0.0601. The molecule has 64 heavy (non-hydrogen) atoms. The van der Waals surface area contributed by atoms with Gasteiger partial charge in [-0.2, -0.15) is 0 Å². The van der Waals surface area contributed by atoms with Crippen molar-refractivity contribution in [1.82, 2.24) is 19.9 Å². The second-order valence-electron chi connectivity index (χ2n) is 20.0. The summed E-state index contributed by atoms with van der Waals surface area (Å²) >= 11 is 0. The van der Waals surface area contributed by atoms with Gasteiger partial charge >= 0.3 is 5.97 Å². The quantitative estimate of drug-likeness (QED) is 0.169.